The van der Waals surface area contributed by atoms with Gasteiger partial charge in [0.15, 0.2) is 23.8 Å². The molecule has 0 saturated heterocycles. The molecule has 2 N–H and O–H groups in total. The topological polar surface area (TPSA) is 46.7 Å². The summed E-state index contributed by atoms with van der Waals surface area (Å²) in [6.45, 7) is 4.15. The summed E-state index contributed by atoms with van der Waals surface area (Å²) in [5.74, 6) is -0.430. The van der Waals surface area contributed by atoms with E-state index in [-0.39, 0.29) is 23.5 Å². The summed E-state index contributed by atoms with van der Waals surface area (Å²) in [4.78, 5) is 0. The SMILES string of the molecule is CC(C)[N+]1=CC2C(Cl)=C(O)C(O)=CC2N1C. The van der Waals surface area contributed by atoms with Crippen molar-refractivity contribution in [2.24, 2.45) is 5.92 Å². The van der Waals surface area contributed by atoms with Gasteiger partial charge < -0.3 is 10.2 Å². The average molecular weight is 244 g/mol. The number of hydrogen-bond donors (Lipinski definition) is 2. The number of hydrazine groups is 1. The Morgan fingerprint density at radius 1 is 1.44 bits per heavy atom. The summed E-state index contributed by atoms with van der Waals surface area (Å²) in [6, 6.07) is 0.295. The van der Waals surface area contributed by atoms with Crippen LogP contribution in [-0.4, -0.2) is 45.3 Å². The molecule has 2 rings (SSSR count). The first-order valence-electron chi connectivity index (χ1n) is 5.29. The molecule has 5 heteroatoms. The van der Waals surface area contributed by atoms with Crippen LogP contribution in [0.1, 0.15) is 13.8 Å². The lowest BCUT2D eigenvalue weighted by Gasteiger charge is -2.23. The van der Waals surface area contributed by atoms with Gasteiger partial charge in [-0.1, -0.05) is 11.6 Å². The summed E-state index contributed by atoms with van der Waals surface area (Å²) < 4.78 is 2.06. The van der Waals surface area contributed by atoms with Crippen molar-refractivity contribution in [2.75, 3.05) is 7.05 Å². The third kappa shape index (κ3) is 1.48. The van der Waals surface area contributed by atoms with Crippen molar-refractivity contribution in [1.82, 2.24) is 5.01 Å². The summed E-state index contributed by atoms with van der Waals surface area (Å²) in [5, 5.41) is 21.4. The Morgan fingerprint density at radius 2 is 2.06 bits per heavy atom. The lowest BCUT2D eigenvalue weighted by molar-refractivity contribution is -0.700. The molecule has 2 atom stereocenters. The number of hydrogen-bond acceptors (Lipinski definition) is 3. The normalized spacial score (nSPS) is 29.4. The zero-order chi connectivity index (χ0) is 12.0. The molecule has 1 aliphatic carbocycles. The Hall–Kier alpha value is -1.16. The third-order valence-electron chi connectivity index (χ3n) is 3.10. The van der Waals surface area contributed by atoms with Crippen LogP contribution < -0.4 is 0 Å². The monoisotopic (exact) mass is 243 g/mol. The lowest BCUT2D eigenvalue weighted by atomic mass is 9.95. The van der Waals surface area contributed by atoms with E-state index in [1.165, 1.54) is 0 Å². The molecule has 0 fully saturated rings. The minimum absolute atomic E-state index is 0.0224. The lowest BCUT2D eigenvalue weighted by Crippen LogP contribution is -2.39. The minimum atomic E-state index is -0.210. The van der Waals surface area contributed by atoms with Crippen LogP contribution in [0.2, 0.25) is 0 Å². The van der Waals surface area contributed by atoms with Crippen molar-refractivity contribution in [1.29, 1.82) is 0 Å². The van der Waals surface area contributed by atoms with Crippen LogP contribution in [0.4, 0.5) is 0 Å². The molecule has 0 radical (unpaired) electrons. The molecule has 0 spiro atoms. The second kappa shape index (κ2) is 3.70. The van der Waals surface area contributed by atoms with Crippen molar-refractivity contribution >= 4 is 17.8 Å². The number of fused-ring (bicyclic) bond motifs is 1. The fourth-order valence-electron chi connectivity index (χ4n) is 2.23. The van der Waals surface area contributed by atoms with E-state index >= 15 is 0 Å². The van der Waals surface area contributed by atoms with Crippen LogP contribution in [0.5, 0.6) is 0 Å². The van der Waals surface area contributed by atoms with Gasteiger partial charge in [-0.05, 0) is 19.9 Å². The second-order valence-electron chi connectivity index (χ2n) is 4.46. The van der Waals surface area contributed by atoms with Crippen LogP contribution in [0.3, 0.4) is 0 Å². The molecule has 0 saturated carbocycles. The summed E-state index contributed by atoms with van der Waals surface area (Å²) in [6.07, 6.45) is 3.61. The molecule has 16 heavy (non-hydrogen) atoms. The van der Waals surface area contributed by atoms with Gasteiger partial charge in [0, 0.05) is 0 Å². The van der Waals surface area contributed by atoms with Crippen molar-refractivity contribution in [3.8, 4) is 0 Å². The first-order valence-corrected chi connectivity index (χ1v) is 5.67. The first kappa shape index (κ1) is 11.3. The molecule has 2 aliphatic rings. The van der Waals surface area contributed by atoms with Gasteiger partial charge in [0.05, 0.1) is 12.1 Å². The van der Waals surface area contributed by atoms with E-state index in [2.05, 4.69) is 18.5 Å². The molecule has 1 heterocycles. The molecule has 0 aromatic heterocycles. The summed E-state index contributed by atoms with van der Waals surface area (Å²) in [7, 11) is 1.94. The molecule has 0 aromatic carbocycles. The van der Waals surface area contributed by atoms with Crippen molar-refractivity contribution in [3.63, 3.8) is 0 Å². The number of nitrogens with zero attached hydrogens (tertiary/aromatic N) is 2. The number of aliphatic hydroxyl groups is 2. The second-order valence-corrected chi connectivity index (χ2v) is 4.87. The first-order chi connectivity index (χ1) is 7.43. The van der Waals surface area contributed by atoms with Gasteiger partial charge in [-0.3, -0.25) is 0 Å². The van der Waals surface area contributed by atoms with Crippen molar-refractivity contribution in [3.05, 3.63) is 22.6 Å². The van der Waals surface area contributed by atoms with E-state index in [1.54, 1.807) is 6.08 Å². The van der Waals surface area contributed by atoms with E-state index in [0.717, 1.165) is 0 Å². The highest BCUT2D eigenvalue weighted by Crippen LogP contribution is 2.34. The van der Waals surface area contributed by atoms with Crippen LogP contribution in [0.25, 0.3) is 0 Å². The van der Waals surface area contributed by atoms with Crippen LogP contribution in [0.15, 0.2) is 22.6 Å². The van der Waals surface area contributed by atoms with Crippen LogP contribution in [-0.2, 0) is 0 Å². The maximum atomic E-state index is 9.58. The number of halogens is 1. The number of likely N-dealkylation sites (N-methyl/N-ethyl adjacent to an activating group) is 1. The summed E-state index contributed by atoms with van der Waals surface area (Å²) >= 11 is 6.04. The van der Waals surface area contributed by atoms with Gasteiger partial charge in [0.1, 0.15) is 12.0 Å². The van der Waals surface area contributed by atoms with E-state index in [0.29, 0.717) is 11.1 Å². The zero-order valence-corrected chi connectivity index (χ0v) is 10.3. The smallest absolute Gasteiger partial charge is 0.181 e. The predicted molar refractivity (Wildman–Crippen MR) is 62.7 cm³/mol. The predicted octanol–water partition coefficient (Wildman–Crippen LogP) is 1.79. The molecule has 0 aromatic rings. The number of aliphatic hydroxyl groups excluding tert-OH is 2. The van der Waals surface area contributed by atoms with E-state index < -0.39 is 0 Å². The van der Waals surface area contributed by atoms with Crippen molar-refractivity contribution < 1.29 is 14.9 Å². The minimum Gasteiger partial charge on any atom is -0.504 e. The fraction of sp³-hybridized carbons (Fsp3) is 0.545. The Morgan fingerprint density at radius 3 is 2.62 bits per heavy atom. The Labute approximate surface area is 99.7 Å². The number of rotatable bonds is 1. The maximum absolute atomic E-state index is 9.58. The Bertz CT molecular complexity index is 412. The molecule has 88 valence electrons. The fourth-order valence-corrected chi connectivity index (χ4v) is 2.51. The molecule has 4 nitrogen and oxygen atoms in total. The molecular formula is C11H16ClN2O2+. The number of hydrazone groups is 1. The van der Waals surface area contributed by atoms with Gasteiger partial charge in [0.2, 0.25) is 0 Å². The highest BCUT2D eigenvalue weighted by atomic mass is 35.5. The molecule has 0 bridgehead atoms. The van der Waals surface area contributed by atoms with Gasteiger partial charge in [-0.2, -0.15) is 5.01 Å². The van der Waals surface area contributed by atoms with Crippen molar-refractivity contribution in [2.45, 2.75) is 25.9 Å². The van der Waals surface area contributed by atoms with Crippen LogP contribution >= 0.6 is 11.6 Å². The highest BCUT2D eigenvalue weighted by molar-refractivity contribution is 6.31. The molecule has 1 aliphatic heterocycles. The molecule has 2 unspecified atom stereocenters. The van der Waals surface area contributed by atoms with Crippen LogP contribution in [0, 0.1) is 5.92 Å². The Kier molecular flexibility index (Phi) is 2.62. The summed E-state index contributed by atoms with van der Waals surface area (Å²) in [5.41, 5.74) is 0. The van der Waals surface area contributed by atoms with E-state index in [9.17, 15) is 10.2 Å². The van der Waals surface area contributed by atoms with E-state index in [4.69, 9.17) is 11.6 Å². The third-order valence-corrected chi connectivity index (χ3v) is 3.53. The highest BCUT2D eigenvalue weighted by Gasteiger charge is 2.44. The Balaban J connectivity index is 2.41. The molecular weight excluding hydrogens is 228 g/mol. The molecule has 0 amide bonds. The van der Waals surface area contributed by atoms with E-state index in [1.807, 2.05) is 18.3 Å². The van der Waals surface area contributed by atoms with Gasteiger partial charge in [-0.25, -0.2) is 0 Å². The quantitative estimate of drug-likeness (QED) is 0.691. The largest absolute Gasteiger partial charge is 0.504 e. The van der Waals surface area contributed by atoms with Gasteiger partial charge in [-0.15, -0.1) is 4.68 Å². The maximum Gasteiger partial charge on any atom is 0.181 e. The average Bonchev–Trinajstić information content (AvgIpc) is 2.54. The standard InChI is InChI=1S/C11H15ClN2O2/c1-6(2)14-5-7-8(13(14)3)4-9(15)11(16)10(7)12/h4-8H,1-3H3,(H-,15,16)/p+1. The zero-order valence-electron chi connectivity index (χ0n) is 9.55. The van der Waals surface area contributed by atoms with Gasteiger partial charge >= 0.3 is 0 Å². The van der Waals surface area contributed by atoms with Gasteiger partial charge in [0.25, 0.3) is 0 Å².